The van der Waals surface area contributed by atoms with Crippen molar-refractivity contribution in [3.8, 4) is 0 Å². The molecule has 1 aliphatic rings. The summed E-state index contributed by atoms with van der Waals surface area (Å²) in [6, 6.07) is 3.79. The highest BCUT2D eigenvalue weighted by atomic mass is 32.1. The molecule has 1 aromatic heterocycles. The van der Waals surface area contributed by atoms with Crippen LogP contribution >= 0.6 is 11.3 Å². The Morgan fingerprint density at radius 3 is 2.84 bits per heavy atom. The van der Waals surface area contributed by atoms with E-state index in [0.29, 0.717) is 12.8 Å². The summed E-state index contributed by atoms with van der Waals surface area (Å²) in [7, 11) is 0. The van der Waals surface area contributed by atoms with E-state index in [1.807, 2.05) is 17.5 Å². The number of hydrogen-bond donors (Lipinski definition) is 2. The van der Waals surface area contributed by atoms with E-state index in [0.717, 1.165) is 25.7 Å². The third-order valence-electron chi connectivity index (χ3n) is 3.61. The normalized spacial score (nSPS) is 22.9. The number of carboxylic acid groups (broad SMARTS) is 1. The lowest BCUT2D eigenvalue weighted by Gasteiger charge is -2.29. The van der Waals surface area contributed by atoms with Gasteiger partial charge in [-0.3, -0.25) is 9.59 Å². The fourth-order valence-electron chi connectivity index (χ4n) is 2.57. The minimum atomic E-state index is -0.789. The van der Waals surface area contributed by atoms with Crippen molar-refractivity contribution >= 4 is 23.2 Å². The molecule has 2 rings (SSSR count). The second-order valence-corrected chi connectivity index (χ2v) is 6.01. The number of hydrogen-bond acceptors (Lipinski definition) is 3. The van der Waals surface area contributed by atoms with Gasteiger partial charge in [-0.25, -0.2) is 0 Å². The fourth-order valence-corrected chi connectivity index (χ4v) is 3.28. The molecule has 1 aliphatic carbocycles. The molecule has 0 saturated heterocycles. The first-order chi connectivity index (χ1) is 9.16. The Kier molecular flexibility index (Phi) is 4.96. The van der Waals surface area contributed by atoms with Crippen LogP contribution in [0.3, 0.4) is 0 Å². The molecule has 1 heterocycles. The fraction of sp³-hybridized carbons (Fsp3) is 0.571. The van der Waals surface area contributed by atoms with Crippen LogP contribution in [0.25, 0.3) is 0 Å². The predicted molar refractivity (Wildman–Crippen MR) is 74.2 cm³/mol. The Labute approximate surface area is 116 Å². The number of amides is 1. The van der Waals surface area contributed by atoms with Gasteiger partial charge in [-0.2, -0.15) is 0 Å². The lowest BCUT2D eigenvalue weighted by molar-refractivity contribution is -0.144. The minimum absolute atomic E-state index is 0.0356. The Balaban J connectivity index is 1.81. The van der Waals surface area contributed by atoms with Gasteiger partial charge in [-0.05, 0) is 30.7 Å². The molecule has 1 aromatic rings. The van der Waals surface area contributed by atoms with Gasteiger partial charge in [0.15, 0.2) is 0 Å². The van der Waals surface area contributed by atoms with Gasteiger partial charge >= 0.3 is 5.97 Å². The molecule has 0 aromatic carbocycles. The standard InChI is InChI=1S/C14H19NO3S/c16-13(8-7-10-4-3-9-19-10)15-12-6-2-1-5-11(12)14(17)18/h3-4,9,11-12H,1-2,5-8H2,(H,15,16)(H,17,18). The summed E-state index contributed by atoms with van der Waals surface area (Å²) in [6.45, 7) is 0. The van der Waals surface area contributed by atoms with E-state index in [4.69, 9.17) is 5.11 Å². The quantitative estimate of drug-likeness (QED) is 0.871. The van der Waals surface area contributed by atoms with Crippen LogP contribution in [0.4, 0.5) is 0 Å². The van der Waals surface area contributed by atoms with Crippen LogP contribution in [0, 0.1) is 5.92 Å². The van der Waals surface area contributed by atoms with Crippen LogP contribution in [0.1, 0.15) is 37.0 Å². The Bertz CT molecular complexity index is 430. The van der Waals surface area contributed by atoms with Crippen molar-refractivity contribution in [1.29, 1.82) is 0 Å². The average Bonchev–Trinajstić information content (AvgIpc) is 2.90. The number of thiophene rings is 1. The second kappa shape index (κ2) is 6.70. The molecule has 1 fully saturated rings. The van der Waals surface area contributed by atoms with Gasteiger partial charge in [0.2, 0.25) is 5.91 Å². The van der Waals surface area contributed by atoms with Crippen molar-refractivity contribution in [2.24, 2.45) is 5.92 Å². The third-order valence-corrected chi connectivity index (χ3v) is 4.54. The van der Waals surface area contributed by atoms with Crippen LogP contribution in [-0.2, 0) is 16.0 Å². The lowest BCUT2D eigenvalue weighted by atomic mass is 9.84. The number of aryl methyl sites for hydroxylation is 1. The number of nitrogens with one attached hydrogen (secondary N) is 1. The predicted octanol–water partition coefficient (Wildman–Crippen LogP) is 2.44. The van der Waals surface area contributed by atoms with Crippen molar-refractivity contribution in [3.63, 3.8) is 0 Å². The summed E-state index contributed by atoms with van der Waals surface area (Å²) in [5.41, 5.74) is 0. The van der Waals surface area contributed by atoms with Crippen LogP contribution < -0.4 is 5.32 Å². The van der Waals surface area contributed by atoms with E-state index in [-0.39, 0.29) is 11.9 Å². The zero-order valence-corrected chi connectivity index (χ0v) is 11.6. The maximum Gasteiger partial charge on any atom is 0.308 e. The highest BCUT2D eigenvalue weighted by Gasteiger charge is 2.31. The molecule has 0 radical (unpaired) electrons. The largest absolute Gasteiger partial charge is 0.481 e. The van der Waals surface area contributed by atoms with Crippen molar-refractivity contribution in [1.82, 2.24) is 5.32 Å². The first-order valence-electron chi connectivity index (χ1n) is 6.71. The van der Waals surface area contributed by atoms with Crippen LogP contribution in [-0.4, -0.2) is 23.0 Å². The maximum atomic E-state index is 11.9. The summed E-state index contributed by atoms with van der Waals surface area (Å²) in [5, 5.41) is 14.0. The van der Waals surface area contributed by atoms with Crippen molar-refractivity contribution in [3.05, 3.63) is 22.4 Å². The van der Waals surface area contributed by atoms with E-state index < -0.39 is 11.9 Å². The molecular formula is C14H19NO3S. The first-order valence-corrected chi connectivity index (χ1v) is 7.59. The molecule has 5 heteroatoms. The highest BCUT2D eigenvalue weighted by molar-refractivity contribution is 7.09. The van der Waals surface area contributed by atoms with Gasteiger partial charge in [0.1, 0.15) is 0 Å². The molecule has 0 spiro atoms. The monoisotopic (exact) mass is 281 g/mol. The summed E-state index contributed by atoms with van der Waals surface area (Å²) in [6.07, 6.45) is 4.56. The minimum Gasteiger partial charge on any atom is -0.481 e. The van der Waals surface area contributed by atoms with Gasteiger partial charge in [-0.1, -0.05) is 18.9 Å². The third kappa shape index (κ3) is 4.06. The zero-order chi connectivity index (χ0) is 13.7. The van der Waals surface area contributed by atoms with Gasteiger partial charge < -0.3 is 10.4 Å². The zero-order valence-electron chi connectivity index (χ0n) is 10.8. The molecule has 1 saturated carbocycles. The summed E-state index contributed by atoms with van der Waals surface area (Å²) in [5.74, 6) is -1.24. The van der Waals surface area contributed by atoms with E-state index in [1.54, 1.807) is 11.3 Å². The highest BCUT2D eigenvalue weighted by Crippen LogP contribution is 2.24. The summed E-state index contributed by atoms with van der Waals surface area (Å²) in [4.78, 5) is 24.2. The van der Waals surface area contributed by atoms with Crippen LogP contribution in [0.5, 0.6) is 0 Å². The number of rotatable bonds is 5. The lowest BCUT2D eigenvalue weighted by Crippen LogP contribution is -2.45. The average molecular weight is 281 g/mol. The molecular weight excluding hydrogens is 262 g/mol. The van der Waals surface area contributed by atoms with E-state index in [2.05, 4.69) is 5.32 Å². The van der Waals surface area contributed by atoms with Gasteiger partial charge in [0.05, 0.1) is 5.92 Å². The number of aliphatic carboxylic acids is 1. The summed E-state index contributed by atoms with van der Waals surface area (Å²) >= 11 is 1.64. The topological polar surface area (TPSA) is 66.4 Å². The Morgan fingerprint density at radius 2 is 2.16 bits per heavy atom. The van der Waals surface area contributed by atoms with Crippen molar-refractivity contribution in [2.75, 3.05) is 0 Å². The van der Waals surface area contributed by atoms with Gasteiger partial charge in [0, 0.05) is 17.3 Å². The number of carbonyl (C=O) groups is 2. The van der Waals surface area contributed by atoms with Gasteiger partial charge in [-0.15, -0.1) is 11.3 Å². The SMILES string of the molecule is O=C(CCc1cccs1)NC1CCCCC1C(=O)O. The molecule has 2 atom stereocenters. The van der Waals surface area contributed by atoms with Crippen molar-refractivity contribution < 1.29 is 14.7 Å². The maximum absolute atomic E-state index is 11.9. The molecule has 1 amide bonds. The molecule has 2 N–H and O–H groups in total. The van der Waals surface area contributed by atoms with Gasteiger partial charge in [0.25, 0.3) is 0 Å². The molecule has 0 bridgehead atoms. The Hall–Kier alpha value is -1.36. The smallest absolute Gasteiger partial charge is 0.308 e. The Morgan fingerprint density at radius 1 is 1.37 bits per heavy atom. The van der Waals surface area contributed by atoms with Crippen molar-refractivity contribution in [2.45, 2.75) is 44.6 Å². The molecule has 2 unspecified atom stereocenters. The molecule has 0 aliphatic heterocycles. The molecule has 4 nitrogen and oxygen atoms in total. The second-order valence-electron chi connectivity index (χ2n) is 4.98. The summed E-state index contributed by atoms with van der Waals surface area (Å²) < 4.78 is 0. The van der Waals surface area contributed by atoms with Crippen LogP contribution in [0.15, 0.2) is 17.5 Å². The van der Waals surface area contributed by atoms with E-state index >= 15 is 0 Å². The molecule has 19 heavy (non-hydrogen) atoms. The van der Waals surface area contributed by atoms with E-state index in [1.165, 1.54) is 4.88 Å². The number of carboxylic acids is 1. The number of carbonyl (C=O) groups excluding carboxylic acids is 1. The van der Waals surface area contributed by atoms with Crippen LogP contribution in [0.2, 0.25) is 0 Å². The first kappa shape index (κ1) is 14.1. The van der Waals surface area contributed by atoms with E-state index in [9.17, 15) is 9.59 Å². The molecule has 104 valence electrons.